The van der Waals surface area contributed by atoms with Crippen LogP contribution in [-0.2, 0) is 16.0 Å². The van der Waals surface area contributed by atoms with Crippen molar-refractivity contribution in [2.75, 3.05) is 6.26 Å². The third-order valence-corrected chi connectivity index (χ3v) is 4.82. The minimum Gasteiger partial charge on any atom is -0.224 e. The second-order valence-electron chi connectivity index (χ2n) is 5.44. The third kappa shape index (κ3) is 3.73. The van der Waals surface area contributed by atoms with Crippen molar-refractivity contribution >= 4 is 21.4 Å². The molecule has 0 fully saturated rings. The molecule has 0 amide bonds. The molecular formula is C16H11ClF3N3O2S. The number of hydrogen-bond acceptors (Lipinski definition) is 4. The van der Waals surface area contributed by atoms with Crippen molar-refractivity contribution in [1.29, 1.82) is 0 Å². The van der Waals surface area contributed by atoms with Gasteiger partial charge in [-0.25, -0.2) is 18.1 Å². The zero-order valence-electron chi connectivity index (χ0n) is 13.2. The van der Waals surface area contributed by atoms with Crippen molar-refractivity contribution in [3.8, 4) is 17.1 Å². The Kier molecular flexibility index (Phi) is 4.53. The molecule has 10 heteroatoms. The fourth-order valence-electron chi connectivity index (χ4n) is 2.26. The SMILES string of the molecule is CS(=O)(=O)c1ccc(-n2nc(C(F)(F)F)nc2-c2cccc(Cl)c2)cc1. The highest BCUT2D eigenvalue weighted by molar-refractivity contribution is 7.90. The number of sulfone groups is 1. The number of benzene rings is 2. The third-order valence-electron chi connectivity index (χ3n) is 3.45. The molecular weight excluding hydrogens is 391 g/mol. The Labute approximate surface area is 152 Å². The van der Waals surface area contributed by atoms with E-state index in [0.29, 0.717) is 10.6 Å². The van der Waals surface area contributed by atoms with Gasteiger partial charge in [-0.2, -0.15) is 13.2 Å². The molecule has 1 aromatic heterocycles. The number of alkyl halides is 3. The Morgan fingerprint density at radius 1 is 1.08 bits per heavy atom. The van der Waals surface area contributed by atoms with Crippen LogP contribution in [0.2, 0.25) is 5.02 Å². The van der Waals surface area contributed by atoms with Gasteiger partial charge in [0.25, 0.3) is 5.82 Å². The lowest BCUT2D eigenvalue weighted by Crippen LogP contribution is -2.08. The van der Waals surface area contributed by atoms with Crippen LogP contribution in [0, 0.1) is 0 Å². The molecule has 0 bridgehead atoms. The maximum Gasteiger partial charge on any atom is 0.453 e. The minimum absolute atomic E-state index is 0.0433. The highest BCUT2D eigenvalue weighted by atomic mass is 35.5. The largest absolute Gasteiger partial charge is 0.453 e. The molecule has 0 aliphatic carbocycles. The molecule has 26 heavy (non-hydrogen) atoms. The monoisotopic (exact) mass is 401 g/mol. The predicted octanol–water partition coefficient (Wildman–Crippen LogP) is 4.01. The molecule has 0 atom stereocenters. The van der Waals surface area contributed by atoms with Gasteiger partial charge in [-0.15, -0.1) is 5.10 Å². The first-order chi connectivity index (χ1) is 12.1. The normalized spacial score (nSPS) is 12.3. The van der Waals surface area contributed by atoms with E-state index in [9.17, 15) is 21.6 Å². The molecule has 1 heterocycles. The van der Waals surface area contributed by atoms with Gasteiger partial charge in [0.2, 0.25) is 0 Å². The van der Waals surface area contributed by atoms with E-state index in [1.807, 2.05) is 0 Å². The van der Waals surface area contributed by atoms with Gasteiger partial charge < -0.3 is 0 Å². The molecule has 0 aliphatic rings. The first kappa shape index (κ1) is 18.4. The quantitative estimate of drug-likeness (QED) is 0.665. The first-order valence-electron chi connectivity index (χ1n) is 7.16. The summed E-state index contributed by atoms with van der Waals surface area (Å²) in [5, 5.41) is 3.87. The molecule has 136 valence electrons. The Balaban J connectivity index is 2.18. The van der Waals surface area contributed by atoms with Crippen molar-refractivity contribution in [1.82, 2.24) is 14.8 Å². The average Bonchev–Trinajstić information content (AvgIpc) is 3.00. The van der Waals surface area contributed by atoms with Gasteiger partial charge in [0, 0.05) is 16.8 Å². The number of hydrogen-bond donors (Lipinski definition) is 0. The van der Waals surface area contributed by atoms with Gasteiger partial charge in [-0.3, -0.25) is 0 Å². The van der Waals surface area contributed by atoms with Crippen molar-refractivity contribution in [2.24, 2.45) is 0 Å². The van der Waals surface area contributed by atoms with E-state index in [-0.39, 0.29) is 16.4 Å². The number of halogens is 4. The van der Waals surface area contributed by atoms with Gasteiger partial charge in [0.1, 0.15) is 0 Å². The van der Waals surface area contributed by atoms with Gasteiger partial charge in [-0.1, -0.05) is 23.7 Å². The van der Waals surface area contributed by atoms with Gasteiger partial charge in [0.15, 0.2) is 15.7 Å². The lowest BCUT2D eigenvalue weighted by Gasteiger charge is -2.07. The zero-order chi connectivity index (χ0) is 19.1. The predicted molar refractivity (Wildman–Crippen MR) is 89.9 cm³/mol. The van der Waals surface area contributed by atoms with Crippen LogP contribution in [0.3, 0.4) is 0 Å². The van der Waals surface area contributed by atoms with E-state index in [1.54, 1.807) is 18.2 Å². The van der Waals surface area contributed by atoms with E-state index in [0.717, 1.165) is 10.9 Å². The van der Waals surface area contributed by atoms with Crippen LogP contribution in [0.5, 0.6) is 0 Å². The summed E-state index contributed by atoms with van der Waals surface area (Å²) in [4.78, 5) is 3.63. The molecule has 3 aromatic rings. The Morgan fingerprint density at radius 3 is 2.27 bits per heavy atom. The van der Waals surface area contributed by atoms with E-state index in [4.69, 9.17) is 11.6 Å². The van der Waals surface area contributed by atoms with Gasteiger partial charge >= 0.3 is 6.18 Å². The second-order valence-corrected chi connectivity index (χ2v) is 7.90. The molecule has 0 saturated heterocycles. The summed E-state index contributed by atoms with van der Waals surface area (Å²) in [5.41, 5.74) is 0.572. The molecule has 0 spiro atoms. The maximum atomic E-state index is 13.1. The topological polar surface area (TPSA) is 64.8 Å². The van der Waals surface area contributed by atoms with Crippen LogP contribution in [0.25, 0.3) is 17.1 Å². The summed E-state index contributed by atoms with van der Waals surface area (Å²) >= 11 is 5.91. The summed E-state index contributed by atoms with van der Waals surface area (Å²) in [6.45, 7) is 0. The summed E-state index contributed by atoms with van der Waals surface area (Å²) < 4.78 is 63.3. The fraction of sp³-hybridized carbons (Fsp3) is 0.125. The second kappa shape index (κ2) is 6.40. The molecule has 0 unspecified atom stereocenters. The number of nitrogens with zero attached hydrogens (tertiary/aromatic N) is 3. The molecule has 5 nitrogen and oxygen atoms in total. The van der Waals surface area contributed by atoms with Crippen LogP contribution < -0.4 is 0 Å². The molecule has 0 N–H and O–H groups in total. The Morgan fingerprint density at radius 2 is 1.73 bits per heavy atom. The number of rotatable bonds is 3. The van der Waals surface area contributed by atoms with E-state index in [2.05, 4.69) is 10.1 Å². The van der Waals surface area contributed by atoms with Crippen LogP contribution in [-0.4, -0.2) is 29.4 Å². The number of aromatic nitrogens is 3. The van der Waals surface area contributed by atoms with E-state index in [1.165, 1.54) is 30.3 Å². The molecule has 0 radical (unpaired) electrons. The van der Waals surface area contributed by atoms with Crippen molar-refractivity contribution in [3.05, 3.63) is 59.4 Å². The fourth-order valence-corrected chi connectivity index (χ4v) is 3.08. The first-order valence-corrected chi connectivity index (χ1v) is 9.43. The molecule has 0 saturated carbocycles. The highest BCUT2D eigenvalue weighted by Crippen LogP contribution is 2.31. The van der Waals surface area contributed by atoms with Crippen LogP contribution in [0.15, 0.2) is 53.4 Å². The van der Waals surface area contributed by atoms with Gasteiger partial charge in [-0.05, 0) is 36.4 Å². The van der Waals surface area contributed by atoms with Crippen molar-refractivity contribution in [2.45, 2.75) is 11.1 Å². The standard InChI is InChI=1S/C16H11ClF3N3O2S/c1-26(24,25)13-7-5-12(6-8-13)23-14(10-3-2-4-11(17)9-10)21-15(22-23)16(18,19)20/h2-9H,1H3. The average molecular weight is 402 g/mol. The lowest BCUT2D eigenvalue weighted by molar-refractivity contribution is -0.144. The Bertz CT molecular complexity index is 1060. The van der Waals surface area contributed by atoms with E-state index >= 15 is 0 Å². The highest BCUT2D eigenvalue weighted by Gasteiger charge is 2.37. The molecule has 0 aliphatic heterocycles. The van der Waals surface area contributed by atoms with Crippen LogP contribution >= 0.6 is 11.6 Å². The maximum absolute atomic E-state index is 13.1. The van der Waals surface area contributed by atoms with E-state index < -0.39 is 21.8 Å². The molecule has 3 rings (SSSR count). The van der Waals surface area contributed by atoms with Crippen molar-refractivity contribution < 1.29 is 21.6 Å². The van der Waals surface area contributed by atoms with Crippen LogP contribution in [0.1, 0.15) is 5.82 Å². The smallest absolute Gasteiger partial charge is 0.224 e. The summed E-state index contributed by atoms with van der Waals surface area (Å²) in [6, 6.07) is 11.5. The minimum atomic E-state index is -4.73. The van der Waals surface area contributed by atoms with Gasteiger partial charge in [0.05, 0.1) is 10.6 Å². The van der Waals surface area contributed by atoms with Crippen molar-refractivity contribution in [3.63, 3.8) is 0 Å². The summed E-state index contributed by atoms with van der Waals surface area (Å²) in [6.07, 6.45) is -3.69. The summed E-state index contributed by atoms with van der Waals surface area (Å²) in [7, 11) is -3.43. The molecule has 2 aromatic carbocycles. The lowest BCUT2D eigenvalue weighted by atomic mass is 10.2. The van der Waals surface area contributed by atoms with Crippen LogP contribution in [0.4, 0.5) is 13.2 Å². The summed E-state index contributed by atoms with van der Waals surface area (Å²) in [5.74, 6) is -1.37. The zero-order valence-corrected chi connectivity index (χ0v) is 14.8. The Hall–Kier alpha value is -2.39.